The molecule has 0 atom stereocenters. The Balaban J connectivity index is 2.58. The SMILES string of the molecule is COc1ccc(Cl)cc1-n1nc(CN)cc1C. The molecule has 0 aliphatic heterocycles. The molecule has 2 aromatic rings. The van der Waals surface area contributed by atoms with Crippen molar-refractivity contribution in [2.45, 2.75) is 13.5 Å². The van der Waals surface area contributed by atoms with Gasteiger partial charge in [0.2, 0.25) is 0 Å². The summed E-state index contributed by atoms with van der Waals surface area (Å²) in [6, 6.07) is 7.37. The van der Waals surface area contributed by atoms with Crippen LogP contribution >= 0.6 is 11.6 Å². The molecule has 17 heavy (non-hydrogen) atoms. The number of benzene rings is 1. The van der Waals surface area contributed by atoms with E-state index in [0.29, 0.717) is 11.6 Å². The van der Waals surface area contributed by atoms with Gasteiger partial charge in [-0.2, -0.15) is 5.10 Å². The van der Waals surface area contributed by atoms with Gasteiger partial charge in [-0.25, -0.2) is 4.68 Å². The number of halogens is 1. The maximum Gasteiger partial charge on any atom is 0.144 e. The lowest BCUT2D eigenvalue weighted by atomic mass is 10.3. The van der Waals surface area contributed by atoms with Crippen LogP contribution in [-0.2, 0) is 6.54 Å². The number of hydrogen-bond donors (Lipinski definition) is 1. The van der Waals surface area contributed by atoms with Gasteiger partial charge < -0.3 is 10.5 Å². The van der Waals surface area contributed by atoms with Crippen molar-refractivity contribution in [3.8, 4) is 11.4 Å². The van der Waals surface area contributed by atoms with E-state index >= 15 is 0 Å². The molecule has 1 heterocycles. The van der Waals surface area contributed by atoms with Crippen LogP contribution in [0.15, 0.2) is 24.3 Å². The van der Waals surface area contributed by atoms with Crippen LogP contribution in [0.1, 0.15) is 11.4 Å². The predicted molar refractivity (Wildman–Crippen MR) is 67.8 cm³/mol. The summed E-state index contributed by atoms with van der Waals surface area (Å²) in [5.41, 5.74) is 8.22. The third kappa shape index (κ3) is 2.28. The summed E-state index contributed by atoms with van der Waals surface area (Å²) < 4.78 is 7.09. The lowest BCUT2D eigenvalue weighted by Gasteiger charge is -2.10. The van der Waals surface area contributed by atoms with E-state index in [4.69, 9.17) is 22.1 Å². The minimum absolute atomic E-state index is 0.413. The van der Waals surface area contributed by atoms with Gasteiger partial charge in [0.05, 0.1) is 12.8 Å². The van der Waals surface area contributed by atoms with Gasteiger partial charge in [-0.1, -0.05) is 11.6 Å². The minimum atomic E-state index is 0.413. The third-order valence-corrected chi connectivity index (χ3v) is 2.75. The predicted octanol–water partition coefficient (Wildman–Crippen LogP) is 2.30. The van der Waals surface area contributed by atoms with Crippen molar-refractivity contribution in [3.63, 3.8) is 0 Å². The molecule has 0 saturated heterocycles. The highest BCUT2D eigenvalue weighted by molar-refractivity contribution is 6.30. The Kier molecular flexibility index (Phi) is 3.36. The second-order valence-electron chi connectivity index (χ2n) is 3.71. The Morgan fingerprint density at radius 1 is 1.41 bits per heavy atom. The fourth-order valence-corrected chi connectivity index (χ4v) is 1.88. The normalized spacial score (nSPS) is 10.6. The largest absolute Gasteiger partial charge is 0.494 e. The second-order valence-corrected chi connectivity index (χ2v) is 4.15. The first-order valence-electron chi connectivity index (χ1n) is 5.25. The van der Waals surface area contributed by atoms with Gasteiger partial charge in [0.25, 0.3) is 0 Å². The van der Waals surface area contributed by atoms with E-state index in [1.54, 1.807) is 17.9 Å². The molecule has 2 N–H and O–H groups in total. The summed E-state index contributed by atoms with van der Waals surface area (Å²) in [5, 5.41) is 5.04. The molecular formula is C12H14ClN3O. The number of methoxy groups -OCH3 is 1. The van der Waals surface area contributed by atoms with Crippen molar-refractivity contribution in [3.05, 3.63) is 40.7 Å². The average Bonchev–Trinajstić information content (AvgIpc) is 2.70. The zero-order valence-electron chi connectivity index (χ0n) is 9.77. The molecule has 0 aliphatic carbocycles. The number of hydrogen-bond acceptors (Lipinski definition) is 3. The number of ether oxygens (including phenoxy) is 1. The van der Waals surface area contributed by atoms with Gasteiger partial charge in [0.15, 0.2) is 0 Å². The molecule has 1 aromatic heterocycles. The van der Waals surface area contributed by atoms with Gasteiger partial charge in [-0.3, -0.25) is 0 Å². The molecular weight excluding hydrogens is 238 g/mol. The van der Waals surface area contributed by atoms with Gasteiger partial charge in [0.1, 0.15) is 11.4 Å². The molecule has 0 aliphatic rings. The van der Waals surface area contributed by atoms with Crippen LogP contribution in [0.25, 0.3) is 5.69 Å². The highest BCUT2D eigenvalue weighted by Gasteiger charge is 2.10. The fraction of sp³-hybridized carbons (Fsp3) is 0.250. The Morgan fingerprint density at radius 2 is 2.18 bits per heavy atom. The highest BCUT2D eigenvalue weighted by Crippen LogP contribution is 2.27. The van der Waals surface area contributed by atoms with Crippen LogP contribution in [0.4, 0.5) is 0 Å². The molecule has 5 heteroatoms. The first kappa shape index (κ1) is 12.0. The van der Waals surface area contributed by atoms with Crippen molar-refractivity contribution in [1.29, 1.82) is 0 Å². The summed E-state index contributed by atoms with van der Waals surface area (Å²) >= 11 is 6.00. The van der Waals surface area contributed by atoms with Crippen molar-refractivity contribution >= 4 is 11.6 Å². The van der Waals surface area contributed by atoms with Crippen molar-refractivity contribution in [2.75, 3.05) is 7.11 Å². The lowest BCUT2D eigenvalue weighted by molar-refractivity contribution is 0.411. The van der Waals surface area contributed by atoms with Crippen molar-refractivity contribution in [2.24, 2.45) is 5.73 Å². The van der Waals surface area contributed by atoms with E-state index in [2.05, 4.69) is 5.10 Å². The second kappa shape index (κ2) is 4.77. The standard InChI is InChI=1S/C12H14ClN3O/c1-8-5-10(7-14)15-16(8)11-6-9(13)3-4-12(11)17-2/h3-6H,7,14H2,1-2H3. The number of aromatic nitrogens is 2. The van der Waals surface area contributed by atoms with E-state index < -0.39 is 0 Å². The summed E-state index contributed by atoms with van der Waals surface area (Å²) in [4.78, 5) is 0. The molecule has 1 aromatic carbocycles. The zero-order valence-corrected chi connectivity index (χ0v) is 10.5. The van der Waals surface area contributed by atoms with Gasteiger partial charge in [-0.15, -0.1) is 0 Å². The summed E-state index contributed by atoms with van der Waals surface area (Å²) in [7, 11) is 1.62. The van der Waals surface area contributed by atoms with E-state index in [1.165, 1.54) is 0 Å². The van der Waals surface area contributed by atoms with E-state index in [0.717, 1.165) is 22.8 Å². The topological polar surface area (TPSA) is 53.1 Å². The van der Waals surface area contributed by atoms with E-state index in [-0.39, 0.29) is 0 Å². The van der Waals surface area contributed by atoms with Crippen LogP contribution in [0.5, 0.6) is 5.75 Å². The highest BCUT2D eigenvalue weighted by atomic mass is 35.5. The summed E-state index contributed by atoms with van der Waals surface area (Å²) in [5.74, 6) is 0.726. The monoisotopic (exact) mass is 251 g/mol. The Hall–Kier alpha value is -1.52. The molecule has 0 unspecified atom stereocenters. The molecule has 0 spiro atoms. The van der Waals surface area contributed by atoms with Crippen LogP contribution in [0.2, 0.25) is 5.02 Å². The first-order chi connectivity index (χ1) is 8.15. The Bertz CT molecular complexity index is 537. The Labute approximate surface area is 105 Å². The number of aryl methyl sites for hydroxylation is 1. The Morgan fingerprint density at radius 3 is 2.76 bits per heavy atom. The minimum Gasteiger partial charge on any atom is -0.494 e. The van der Waals surface area contributed by atoms with E-state index in [1.807, 2.05) is 25.1 Å². The van der Waals surface area contributed by atoms with Gasteiger partial charge in [-0.05, 0) is 31.2 Å². The number of nitrogens with two attached hydrogens (primary N) is 1. The van der Waals surface area contributed by atoms with Crippen LogP contribution < -0.4 is 10.5 Å². The molecule has 2 rings (SSSR count). The molecule has 0 saturated carbocycles. The molecule has 0 fully saturated rings. The number of rotatable bonds is 3. The first-order valence-corrected chi connectivity index (χ1v) is 5.63. The molecule has 0 radical (unpaired) electrons. The van der Waals surface area contributed by atoms with Crippen molar-refractivity contribution in [1.82, 2.24) is 9.78 Å². The van der Waals surface area contributed by atoms with Crippen molar-refractivity contribution < 1.29 is 4.74 Å². The average molecular weight is 252 g/mol. The molecule has 90 valence electrons. The maximum absolute atomic E-state index is 6.00. The zero-order chi connectivity index (χ0) is 12.4. The maximum atomic E-state index is 6.00. The van der Waals surface area contributed by atoms with Gasteiger partial charge >= 0.3 is 0 Å². The molecule has 0 bridgehead atoms. The fourth-order valence-electron chi connectivity index (χ4n) is 1.71. The lowest BCUT2D eigenvalue weighted by Crippen LogP contribution is -2.03. The molecule has 0 amide bonds. The quantitative estimate of drug-likeness (QED) is 0.911. The smallest absolute Gasteiger partial charge is 0.144 e. The van der Waals surface area contributed by atoms with Gasteiger partial charge in [0, 0.05) is 17.3 Å². The third-order valence-electron chi connectivity index (χ3n) is 2.52. The summed E-state index contributed by atoms with van der Waals surface area (Å²) in [6.45, 7) is 2.38. The van der Waals surface area contributed by atoms with E-state index in [9.17, 15) is 0 Å². The van der Waals surface area contributed by atoms with Crippen LogP contribution in [0.3, 0.4) is 0 Å². The van der Waals surface area contributed by atoms with Crippen LogP contribution in [0, 0.1) is 6.92 Å². The summed E-state index contributed by atoms with van der Waals surface area (Å²) in [6.07, 6.45) is 0. The molecule has 4 nitrogen and oxygen atoms in total. The number of nitrogens with zero attached hydrogens (tertiary/aromatic N) is 2. The van der Waals surface area contributed by atoms with Crippen LogP contribution in [-0.4, -0.2) is 16.9 Å².